The van der Waals surface area contributed by atoms with Crippen molar-refractivity contribution in [1.29, 1.82) is 0 Å². The van der Waals surface area contributed by atoms with Crippen molar-refractivity contribution in [1.82, 2.24) is 54.9 Å². The van der Waals surface area contributed by atoms with Crippen LogP contribution >= 0.6 is 0 Å². The third kappa shape index (κ3) is 9.81. The van der Waals surface area contributed by atoms with Crippen LogP contribution in [0.15, 0.2) is 35.4 Å². The Kier molecular flexibility index (Phi) is 13.1. The second-order valence-electron chi connectivity index (χ2n) is 20.5. The smallest absolute Gasteiger partial charge is 0.410 e. The standard InChI is InChI=1S/C49H60F2N14O6/c1-49(2,3)65-46-39(44(52)55-27-56-46)40(58-65)41-38(43(71-59-41)30-5-6-30)45-53-23-31(24-54-45)29-11-15-64(16-12-29)48(69)70-26-37(67)62-13-9-28(10-14-62)25-61-17-19-63(20-18-61)42-33(50)21-32(22-34(42)51)60(4)35-7-8-36(66)57-47(35)68/h21-24,27-30,35H,5-20,25-26H2,1-4H3,(H2,52,55,56)(H,57,66,68)/t35-/m1/s1. The summed E-state index contributed by atoms with van der Waals surface area (Å²) in [7, 11) is 1.59. The van der Waals surface area contributed by atoms with Crippen LogP contribution in [0.3, 0.4) is 0 Å². The highest BCUT2D eigenvalue weighted by Crippen LogP contribution is 2.48. The Hall–Kier alpha value is -6.84. The van der Waals surface area contributed by atoms with E-state index in [1.807, 2.05) is 37.8 Å². The van der Waals surface area contributed by atoms with E-state index in [1.54, 1.807) is 21.7 Å². The molecule has 1 aliphatic carbocycles. The first kappa shape index (κ1) is 47.8. The van der Waals surface area contributed by atoms with Crippen LogP contribution in [-0.4, -0.2) is 152 Å². The maximum absolute atomic E-state index is 15.4. The van der Waals surface area contributed by atoms with Crippen molar-refractivity contribution in [3.05, 3.63) is 53.8 Å². The molecule has 5 aliphatic rings. The summed E-state index contributed by atoms with van der Waals surface area (Å²) in [5, 5.41) is 12.3. The molecule has 20 nitrogen and oxygen atoms in total. The van der Waals surface area contributed by atoms with E-state index in [0.717, 1.165) is 43.6 Å². The molecule has 4 saturated heterocycles. The van der Waals surface area contributed by atoms with Crippen molar-refractivity contribution >= 4 is 52.0 Å². The first-order valence-corrected chi connectivity index (χ1v) is 24.7. The lowest BCUT2D eigenvalue weighted by molar-refractivity contribution is -0.136. The van der Waals surface area contributed by atoms with E-state index in [4.69, 9.17) is 30.1 Å². The number of carbonyl (C=O) groups is 4. The molecule has 3 N–H and O–H groups in total. The zero-order valence-corrected chi connectivity index (χ0v) is 40.6. The van der Waals surface area contributed by atoms with E-state index in [2.05, 4.69) is 25.3 Å². The third-order valence-corrected chi connectivity index (χ3v) is 14.7. The number of rotatable bonds is 11. The zero-order valence-electron chi connectivity index (χ0n) is 40.6. The number of halogens is 2. The number of nitrogen functional groups attached to an aromatic ring is 1. The number of amides is 4. The van der Waals surface area contributed by atoms with Gasteiger partial charge in [-0.2, -0.15) is 5.10 Å². The summed E-state index contributed by atoms with van der Waals surface area (Å²) in [5.41, 5.74) is 9.40. The second-order valence-corrected chi connectivity index (χ2v) is 20.5. The van der Waals surface area contributed by atoms with E-state index >= 15 is 8.78 Å². The van der Waals surface area contributed by atoms with Crippen LogP contribution in [0, 0.1) is 17.6 Å². The summed E-state index contributed by atoms with van der Waals surface area (Å²) >= 11 is 0. The fourth-order valence-corrected chi connectivity index (χ4v) is 10.5. The predicted octanol–water partition coefficient (Wildman–Crippen LogP) is 5.05. The first-order chi connectivity index (χ1) is 34.1. The molecule has 4 aromatic heterocycles. The Bertz CT molecular complexity index is 2800. The number of piperazine rings is 1. The van der Waals surface area contributed by atoms with Gasteiger partial charge in [-0.05, 0) is 95.2 Å². The van der Waals surface area contributed by atoms with Gasteiger partial charge in [0, 0.05) is 96.4 Å². The number of carbonyl (C=O) groups excluding carboxylic acids is 4. The fraction of sp³-hybridized carbons (Fsp3) is 0.551. The average Bonchev–Trinajstić information content (AvgIpc) is 3.98. The van der Waals surface area contributed by atoms with Gasteiger partial charge in [-0.15, -0.1) is 0 Å². The summed E-state index contributed by atoms with van der Waals surface area (Å²) in [5.74, 6) is -0.271. The monoisotopic (exact) mass is 978 g/mol. The van der Waals surface area contributed by atoms with Crippen molar-refractivity contribution in [2.75, 3.05) is 88.1 Å². The molecule has 0 spiro atoms. The molecule has 0 unspecified atom stereocenters. The normalized spacial score (nSPS) is 19.9. The van der Waals surface area contributed by atoms with Gasteiger partial charge >= 0.3 is 6.09 Å². The first-order valence-electron chi connectivity index (χ1n) is 24.7. The van der Waals surface area contributed by atoms with Crippen molar-refractivity contribution in [2.24, 2.45) is 5.92 Å². The zero-order chi connectivity index (χ0) is 49.7. The number of likely N-dealkylation sites (tertiary alicyclic amines) is 2. The van der Waals surface area contributed by atoms with Crippen LogP contribution in [0.25, 0.3) is 33.8 Å². The molecule has 5 fully saturated rings. The Morgan fingerprint density at radius 2 is 1.54 bits per heavy atom. The minimum Gasteiger partial charge on any atom is -0.439 e. The van der Waals surface area contributed by atoms with Crippen LogP contribution in [-0.2, 0) is 24.7 Å². The van der Waals surface area contributed by atoms with E-state index in [-0.39, 0.29) is 54.5 Å². The molecule has 5 aromatic rings. The lowest BCUT2D eigenvalue weighted by atomic mass is 9.91. The maximum atomic E-state index is 15.4. The number of imide groups is 1. The SMILES string of the molecule is CN(c1cc(F)c(N2CCN(CC3CCN(C(=O)COC(=O)N4CCC(c5cnc(-c6c(-c7nn(C(C)(C)C)c8ncnc(N)c78)noc6C6CC6)nc5)CC4)CC3)CC2)c(F)c1)[C@@H]1CCC(=O)NC1=O. The van der Waals surface area contributed by atoms with Gasteiger partial charge in [0.2, 0.25) is 11.8 Å². The molecular formula is C49H60F2N14O6. The predicted molar refractivity (Wildman–Crippen MR) is 257 cm³/mol. The maximum Gasteiger partial charge on any atom is 0.410 e. The van der Waals surface area contributed by atoms with Crippen LogP contribution in [0.5, 0.6) is 0 Å². The number of fused-ring (bicyclic) bond motifs is 1. The Morgan fingerprint density at radius 3 is 2.18 bits per heavy atom. The number of nitrogens with one attached hydrogen (secondary N) is 1. The van der Waals surface area contributed by atoms with Crippen LogP contribution < -0.4 is 20.9 Å². The van der Waals surface area contributed by atoms with Gasteiger partial charge in [-0.1, -0.05) is 5.16 Å². The molecule has 4 amide bonds. The van der Waals surface area contributed by atoms with Crippen molar-refractivity contribution < 1.29 is 37.2 Å². The number of nitrogens with two attached hydrogens (primary N) is 1. The second kappa shape index (κ2) is 19.4. The summed E-state index contributed by atoms with van der Waals surface area (Å²) in [4.78, 5) is 77.6. The number of benzene rings is 1. The lowest BCUT2D eigenvalue weighted by Crippen LogP contribution is -2.51. The summed E-state index contributed by atoms with van der Waals surface area (Å²) < 4.78 is 44.2. The lowest BCUT2D eigenvalue weighted by Gasteiger charge is -2.40. The molecule has 1 atom stereocenters. The van der Waals surface area contributed by atoms with E-state index in [0.29, 0.717) is 111 Å². The molecule has 376 valence electrons. The number of anilines is 3. The topological polar surface area (TPSA) is 227 Å². The highest BCUT2D eigenvalue weighted by molar-refractivity contribution is 6.02. The number of likely N-dealkylation sites (N-methyl/N-ethyl adjacent to an activating group) is 1. The highest BCUT2D eigenvalue weighted by Gasteiger charge is 2.38. The fourth-order valence-electron chi connectivity index (χ4n) is 10.5. The molecule has 1 saturated carbocycles. The third-order valence-electron chi connectivity index (χ3n) is 14.7. The number of aromatic nitrogens is 7. The molecule has 71 heavy (non-hydrogen) atoms. The Balaban J connectivity index is 0.668. The molecule has 0 bridgehead atoms. The number of hydrogen-bond donors (Lipinski definition) is 2. The highest BCUT2D eigenvalue weighted by atomic mass is 19.1. The molecule has 0 radical (unpaired) electrons. The number of nitrogens with zero attached hydrogens (tertiary/aromatic N) is 12. The van der Waals surface area contributed by atoms with Gasteiger partial charge in [-0.25, -0.2) is 38.2 Å². The van der Waals surface area contributed by atoms with E-state index in [1.165, 1.54) is 23.4 Å². The average molecular weight is 979 g/mol. The van der Waals surface area contributed by atoms with Gasteiger partial charge in [0.1, 0.15) is 35.3 Å². The quantitative estimate of drug-likeness (QED) is 0.165. The van der Waals surface area contributed by atoms with Crippen LogP contribution in [0.4, 0.5) is 30.8 Å². The summed E-state index contributed by atoms with van der Waals surface area (Å²) in [6.07, 6.45) is 9.95. The number of ether oxygens (including phenoxy) is 1. The van der Waals surface area contributed by atoms with Crippen LogP contribution in [0.2, 0.25) is 0 Å². The van der Waals surface area contributed by atoms with E-state index < -0.39 is 35.2 Å². The van der Waals surface area contributed by atoms with Gasteiger partial charge in [0.15, 0.2) is 35.5 Å². The van der Waals surface area contributed by atoms with Gasteiger partial charge < -0.3 is 34.6 Å². The minimum absolute atomic E-state index is 0.0832. The molecule has 4 aliphatic heterocycles. The molecule has 1 aromatic carbocycles. The molecule has 8 heterocycles. The van der Waals surface area contributed by atoms with Gasteiger partial charge in [-0.3, -0.25) is 24.6 Å². The van der Waals surface area contributed by atoms with E-state index in [9.17, 15) is 19.2 Å². The molecular weight excluding hydrogens is 919 g/mol. The van der Waals surface area contributed by atoms with Crippen LogP contribution in [0.1, 0.15) is 95.3 Å². The molecule has 10 rings (SSSR count). The van der Waals surface area contributed by atoms with Gasteiger partial charge in [0.05, 0.1) is 16.5 Å². The Labute approximate surface area is 409 Å². The summed E-state index contributed by atoms with van der Waals surface area (Å²) in [6.45, 7) is 10.8. The minimum atomic E-state index is -0.699. The number of piperidine rings is 3. The van der Waals surface area contributed by atoms with Crippen molar-refractivity contribution in [3.63, 3.8) is 0 Å². The molecule has 22 heteroatoms. The Morgan fingerprint density at radius 1 is 0.859 bits per heavy atom. The largest absolute Gasteiger partial charge is 0.439 e. The van der Waals surface area contributed by atoms with Crippen molar-refractivity contribution in [2.45, 2.75) is 95.6 Å². The summed E-state index contributed by atoms with van der Waals surface area (Å²) in [6, 6.07) is 1.79. The van der Waals surface area contributed by atoms with Gasteiger partial charge in [0.25, 0.3) is 5.91 Å². The number of hydrogen-bond acceptors (Lipinski definition) is 16. The van der Waals surface area contributed by atoms with Crippen molar-refractivity contribution in [3.8, 4) is 22.8 Å².